The van der Waals surface area contributed by atoms with Crippen LogP contribution in [-0.4, -0.2) is 24.3 Å². The number of halogens is 1. The Labute approximate surface area is 175 Å². The van der Waals surface area contributed by atoms with Crippen LogP contribution in [-0.2, 0) is 0 Å². The van der Waals surface area contributed by atoms with Gasteiger partial charge in [-0.1, -0.05) is 35.9 Å². The largest absolute Gasteiger partial charge is 0.349 e. The maximum absolute atomic E-state index is 12.6. The molecule has 1 aromatic heterocycles. The second-order valence-corrected chi connectivity index (χ2v) is 7.50. The predicted octanol–water partition coefficient (Wildman–Crippen LogP) is 3.63. The molecule has 5 rings (SSSR count). The average molecular weight is 418 g/mol. The van der Waals surface area contributed by atoms with E-state index in [4.69, 9.17) is 16.7 Å². The molecule has 2 aromatic carbocycles. The molecule has 0 saturated carbocycles. The van der Waals surface area contributed by atoms with Gasteiger partial charge in [0.25, 0.3) is 5.56 Å². The van der Waals surface area contributed by atoms with Crippen LogP contribution in [0.4, 0.5) is 0 Å². The van der Waals surface area contributed by atoms with Gasteiger partial charge >= 0.3 is 5.69 Å². The lowest BCUT2D eigenvalue weighted by molar-refractivity contribution is 0.851. The summed E-state index contributed by atoms with van der Waals surface area (Å²) < 4.78 is 3.55. The number of hydrogen-bond donors (Lipinski definition) is 1. The number of fused-ring (bicyclic) bond motifs is 2. The number of H-pyrrole nitrogens is 1. The molecule has 2 aliphatic heterocycles. The van der Waals surface area contributed by atoms with Gasteiger partial charge in [0.05, 0.1) is 22.6 Å². The van der Waals surface area contributed by atoms with Gasteiger partial charge in [-0.2, -0.15) is 10.1 Å². The van der Waals surface area contributed by atoms with E-state index < -0.39 is 11.2 Å². The molecule has 0 bridgehead atoms. The van der Waals surface area contributed by atoms with Crippen molar-refractivity contribution in [3.05, 3.63) is 91.7 Å². The molecule has 0 aliphatic carbocycles. The summed E-state index contributed by atoms with van der Waals surface area (Å²) >= 11 is 6.40. The van der Waals surface area contributed by atoms with E-state index in [1.807, 2.05) is 56.3 Å². The predicted molar refractivity (Wildman–Crippen MR) is 116 cm³/mol. The van der Waals surface area contributed by atoms with Crippen molar-refractivity contribution in [1.29, 1.82) is 0 Å². The minimum Gasteiger partial charge on any atom is -0.278 e. The fraction of sp³-hybridized carbons (Fsp3) is 0.0909. The summed E-state index contributed by atoms with van der Waals surface area (Å²) in [5.41, 5.74) is 2.96. The highest BCUT2D eigenvalue weighted by atomic mass is 35.5. The van der Waals surface area contributed by atoms with E-state index in [1.165, 1.54) is 0 Å². The van der Waals surface area contributed by atoms with Crippen LogP contribution in [0.15, 0.2) is 64.2 Å². The van der Waals surface area contributed by atoms with Crippen LogP contribution in [0, 0.1) is 13.8 Å². The van der Waals surface area contributed by atoms with Crippen molar-refractivity contribution in [3.63, 3.8) is 0 Å². The summed E-state index contributed by atoms with van der Waals surface area (Å²) in [5, 5.41) is 6.05. The lowest BCUT2D eigenvalue weighted by Gasteiger charge is -2.18. The third-order valence-electron chi connectivity index (χ3n) is 5.12. The summed E-state index contributed by atoms with van der Waals surface area (Å²) in [5.74, 6) is 0.244. The smallest absolute Gasteiger partial charge is 0.278 e. The zero-order chi connectivity index (χ0) is 21.0. The number of hydrogen-bond acceptors (Lipinski definition) is 4. The Morgan fingerprint density at radius 2 is 1.73 bits per heavy atom. The van der Waals surface area contributed by atoms with Gasteiger partial charge in [0.15, 0.2) is 5.82 Å². The number of aromatic amines is 1. The molecule has 0 atom stereocenters. The second-order valence-electron chi connectivity index (χ2n) is 7.09. The highest BCUT2D eigenvalue weighted by molar-refractivity contribution is 6.31. The molecule has 7 nitrogen and oxygen atoms in total. The summed E-state index contributed by atoms with van der Waals surface area (Å²) in [6.07, 6.45) is 0. The molecule has 0 fully saturated rings. The molecule has 2 aliphatic rings. The van der Waals surface area contributed by atoms with Crippen LogP contribution in [0.25, 0.3) is 33.8 Å². The van der Waals surface area contributed by atoms with Gasteiger partial charge in [0.1, 0.15) is 5.65 Å². The van der Waals surface area contributed by atoms with Crippen molar-refractivity contribution >= 4 is 22.6 Å². The zero-order valence-corrected chi connectivity index (χ0v) is 16.9. The minimum absolute atomic E-state index is 0.244. The van der Waals surface area contributed by atoms with Crippen LogP contribution in [0.2, 0.25) is 5.02 Å². The number of pyridine rings is 1. The molecule has 0 saturated heterocycles. The fourth-order valence-electron chi connectivity index (χ4n) is 3.62. The van der Waals surface area contributed by atoms with Gasteiger partial charge in [-0.3, -0.25) is 14.3 Å². The molecular weight excluding hydrogens is 402 g/mol. The van der Waals surface area contributed by atoms with Crippen molar-refractivity contribution in [2.75, 3.05) is 0 Å². The third kappa shape index (κ3) is 2.74. The highest BCUT2D eigenvalue weighted by Crippen LogP contribution is 2.32. The highest BCUT2D eigenvalue weighted by Gasteiger charge is 2.23. The molecule has 0 radical (unpaired) electrons. The van der Waals surface area contributed by atoms with Crippen molar-refractivity contribution in [2.24, 2.45) is 0 Å². The average Bonchev–Trinajstić information content (AvgIpc) is 3.06. The standard InChI is InChI=1S/C22H16ClN5O2/c1-12-8-9-15(10-18(12)23)27-19-17(20(29)25-22(30)24-19)11-16-13(2)26-28(21(16)27)14-6-4-3-5-7-14/h3-11H,1-2H3,(H,25,29,30). The van der Waals surface area contributed by atoms with E-state index >= 15 is 0 Å². The first kappa shape index (κ1) is 18.3. The van der Waals surface area contributed by atoms with E-state index in [-0.39, 0.29) is 5.82 Å². The van der Waals surface area contributed by atoms with Crippen LogP contribution < -0.4 is 11.2 Å². The lowest BCUT2D eigenvalue weighted by Crippen LogP contribution is -2.27. The SMILES string of the molecule is Cc1ccc(-n2c3nc(=O)[nH]c(=O)c-3cc3c(C)nn(-c4ccccc4)c32)cc1Cl. The zero-order valence-electron chi connectivity index (χ0n) is 16.2. The maximum atomic E-state index is 12.6. The van der Waals surface area contributed by atoms with Crippen LogP contribution in [0.1, 0.15) is 11.3 Å². The quantitative estimate of drug-likeness (QED) is 0.475. The molecular formula is C22H16ClN5O2. The number of aryl methyl sites for hydroxylation is 2. The Balaban J connectivity index is 2.03. The van der Waals surface area contributed by atoms with Crippen molar-refractivity contribution in [3.8, 4) is 22.8 Å². The Morgan fingerprint density at radius 1 is 0.967 bits per heavy atom. The van der Waals surface area contributed by atoms with Gasteiger partial charge in [-0.05, 0) is 49.7 Å². The maximum Gasteiger partial charge on any atom is 0.349 e. The second kappa shape index (κ2) is 6.67. The normalized spacial score (nSPS) is 11.4. The van der Waals surface area contributed by atoms with E-state index in [0.717, 1.165) is 22.3 Å². The van der Waals surface area contributed by atoms with Gasteiger partial charge in [0.2, 0.25) is 0 Å². The van der Waals surface area contributed by atoms with Gasteiger partial charge < -0.3 is 0 Å². The first-order valence-corrected chi connectivity index (χ1v) is 9.69. The number of benzene rings is 2. The van der Waals surface area contributed by atoms with E-state index in [2.05, 4.69) is 9.97 Å². The molecule has 148 valence electrons. The number of para-hydroxylation sites is 1. The number of nitrogens with one attached hydrogen (secondary N) is 1. The molecule has 30 heavy (non-hydrogen) atoms. The Bertz CT molecular complexity index is 1510. The molecule has 0 unspecified atom stereocenters. The molecule has 8 heteroatoms. The summed E-state index contributed by atoms with van der Waals surface area (Å²) in [7, 11) is 0. The molecule has 1 N–H and O–H groups in total. The monoisotopic (exact) mass is 417 g/mol. The number of nitrogens with zero attached hydrogens (tertiary/aromatic N) is 4. The third-order valence-corrected chi connectivity index (χ3v) is 5.53. The van der Waals surface area contributed by atoms with Crippen LogP contribution in [0.5, 0.6) is 0 Å². The van der Waals surface area contributed by atoms with Crippen LogP contribution in [0.3, 0.4) is 0 Å². The van der Waals surface area contributed by atoms with Crippen molar-refractivity contribution in [1.82, 2.24) is 24.3 Å². The molecule has 3 aromatic rings. The fourth-order valence-corrected chi connectivity index (χ4v) is 3.80. The molecule has 0 amide bonds. The summed E-state index contributed by atoms with van der Waals surface area (Å²) in [4.78, 5) is 31.0. The minimum atomic E-state index is -0.707. The van der Waals surface area contributed by atoms with Gasteiger partial charge in [-0.25, -0.2) is 9.48 Å². The Kier molecular flexibility index (Phi) is 4.08. The Morgan fingerprint density at radius 3 is 2.47 bits per heavy atom. The topological polar surface area (TPSA) is 85.6 Å². The van der Waals surface area contributed by atoms with E-state index in [9.17, 15) is 9.59 Å². The van der Waals surface area contributed by atoms with E-state index in [1.54, 1.807) is 21.4 Å². The van der Waals surface area contributed by atoms with E-state index in [0.29, 0.717) is 21.9 Å². The summed E-state index contributed by atoms with van der Waals surface area (Å²) in [6.45, 7) is 3.79. The molecule has 3 heterocycles. The molecule has 0 spiro atoms. The van der Waals surface area contributed by atoms with Crippen molar-refractivity contribution in [2.45, 2.75) is 13.8 Å². The number of rotatable bonds is 2. The lowest BCUT2D eigenvalue weighted by atomic mass is 10.1. The Hall–Kier alpha value is -3.71. The first-order chi connectivity index (χ1) is 14.4. The van der Waals surface area contributed by atoms with Gasteiger partial charge in [-0.15, -0.1) is 0 Å². The summed E-state index contributed by atoms with van der Waals surface area (Å²) in [6, 6.07) is 16.9. The van der Waals surface area contributed by atoms with Crippen LogP contribution >= 0.6 is 11.6 Å². The van der Waals surface area contributed by atoms with Crippen molar-refractivity contribution < 1.29 is 0 Å². The van der Waals surface area contributed by atoms with Gasteiger partial charge in [0, 0.05) is 10.4 Å². The first-order valence-electron chi connectivity index (χ1n) is 9.31. The number of aromatic nitrogens is 5.